The van der Waals surface area contributed by atoms with Crippen molar-refractivity contribution in [1.29, 1.82) is 0 Å². The fourth-order valence-electron chi connectivity index (χ4n) is 2.92. The van der Waals surface area contributed by atoms with Crippen LogP contribution in [0.25, 0.3) is 21.7 Å². The Balaban J connectivity index is 1.75. The van der Waals surface area contributed by atoms with Crippen LogP contribution in [0.2, 0.25) is 0 Å². The molecule has 0 saturated carbocycles. The molecule has 4 rings (SSSR count). The molecule has 0 aliphatic heterocycles. The Morgan fingerprint density at radius 3 is 2.31 bits per heavy atom. The van der Waals surface area contributed by atoms with Crippen LogP contribution in [0.15, 0.2) is 84.2 Å². The number of thiophene rings is 1. The Hall–Kier alpha value is -2.91. The zero-order valence-corrected chi connectivity index (χ0v) is 15.4. The molecule has 0 aliphatic rings. The van der Waals surface area contributed by atoms with Crippen molar-refractivity contribution in [2.24, 2.45) is 0 Å². The SMILES string of the molecule is Cc1c(-c2ccccc2)cc(-c2cccs2)nc1OCc1ccccc1. The lowest BCUT2D eigenvalue weighted by Crippen LogP contribution is -2.01. The van der Waals surface area contributed by atoms with Crippen molar-refractivity contribution in [1.82, 2.24) is 4.98 Å². The first-order chi connectivity index (χ1) is 12.8. The van der Waals surface area contributed by atoms with E-state index in [1.807, 2.05) is 30.3 Å². The fraction of sp³-hybridized carbons (Fsp3) is 0.0870. The van der Waals surface area contributed by atoms with E-state index < -0.39 is 0 Å². The number of rotatable bonds is 5. The van der Waals surface area contributed by atoms with Crippen molar-refractivity contribution in [3.63, 3.8) is 0 Å². The van der Waals surface area contributed by atoms with Gasteiger partial charge in [-0.15, -0.1) is 11.3 Å². The van der Waals surface area contributed by atoms with Crippen LogP contribution in [0.4, 0.5) is 0 Å². The molecule has 0 unspecified atom stereocenters. The molecule has 0 bridgehead atoms. The Morgan fingerprint density at radius 1 is 0.885 bits per heavy atom. The number of aromatic nitrogens is 1. The Bertz CT molecular complexity index is 980. The monoisotopic (exact) mass is 357 g/mol. The lowest BCUT2D eigenvalue weighted by molar-refractivity contribution is 0.292. The van der Waals surface area contributed by atoms with Gasteiger partial charge in [0.15, 0.2) is 0 Å². The quantitative estimate of drug-likeness (QED) is 0.414. The lowest BCUT2D eigenvalue weighted by Gasteiger charge is -2.14. The fourth-order valence-corrected chi connectivity index (χ4v) is 3.61. The summed E-state index contributed by atoms with van der Waals surface area (Å²) in [4.78, 5) is 5.95. The Kier molecular flexibility index (Phi) is 4.80. The highest BCUT2D eigenvalue weighted by atomic mass is 32.1. The van der Waals surface area contributed by atoms with E-state index in [1.165, 1.54) is 5.56 Å². The number of nitrogens with zero attached hydrogens (tertiary/aromatic N) is 1. The normalized spacial score (nSPS) is 10.7. The minimum absolute atomic E-state index is 0.511. The van der Waals surface area contributed by atoms with Crippen molar-refractivity contribution in [2.45, 2.75) is 13.5 Å². The van der Waals surface area contributed by atoms with Gasteiger partial charge < -0.3 is 4.74 Å². The van der Waals surface area contributed by atoms with Gasteiger partial charge in [-0.2, -0.15) is 0 Å². The maximum Gasteiger partial charge on any atom is 0.217 e. The highest BCUT2D eigenvalue weighted by Gasteiger charge is 2.14. The molecule has 0 fully saturated rings. The first-order valence-corrected chi connectivity index (χ1v) is 9.47. The van der Waals surface area contributed by atoms with E-state index in [0.717, 1.165) is 27.3 Å². The van der Waals surface area contributed by atoms with Crippen LogP contribution in [-0.2, 0) is 6.61 Å². The van der Waals surface area contributed by atoms with E-state index in [9.17, 15) is 0 Å². The summed E-state index contributed by atoms with van der Waals surface area (Å²) >= 11 is 1.69. The molecule has 2 aromatic carbocycles. The number of hydrogen-bond donors (Lipinski definition) is 0. The summed E-state index contributed by atoms with van der Waals surface area (Å²) < 4.78 is 6.12. The summed E-state index contributed by atoms with van der Waals surface area (Å²) in [6, 6.07) is 26.9. The van der Waals surface area contributed by atoms with Crippen molar-refractivity contribution < 1.29 is 4.74 Å². The zero-order chi connectivity index (χ0) is 17.8. The number of hydrogen-bond acceptors (Lipinski definition) is 3. The van der Waals surface area contributed by atoms with E-state index in [4.69, 9.17) is 9.72 Å². The molecule has 0 spiro atoms. The second-order valence-electron chi connectivity index (χ2n) is 6.10. The molecule has 0 N–H and O–H groups in total. The first-order valence-electron chi connectivity index (χ1n) is 8.59. The zero-order valence-electron chi connectivity index (χ0n) is 14.6. The average molecular weight is 357 g/mol. The largest absolute Gasteiger partial charge is 0.473 e. The van der Waals surface area contributed by atoms with Gasteiger partial charge in [-0.25, -0.2) is 4.98 Å². The summed E-state index contributed by atoms with van der Waals surface area (Å²) in [5.74, 6) is 0.693. The summed E-state index contributed by atoms with van der Waals surface area (Å²) in [5.41, 5.74) is 5.48. The van der Waals surface area contributed by atoms with Crippen LogP contribution in [0.5, 0.6) is 5.88 Å². The van der Waals surface area contributed by atoms with Crippen LogP contribution in [-0.4, -0.2) is 4.98 Å². The molecule has 4 aromatic rings. The smallest absolute Gasteiger partial charge is 0.217 e. The first kappa shape index (κ1) is 16.6. The van der Waals surface area contributed by atoms with Gasteiger partial charge in [0.05, 0.1) is 10.6 Å². The highest BCUT2D eigenvalue weighted by Crippen LogP contribution is 2.34. The predicted molar refractivity (Wildman–Crippen MR) is 108 cm³/mol. The molecule has 2 nitrogen and oxygen atoms in total. The molecule has 0 saturated heterocycles. The third-order valence-corrected chi connectivity index (χ3v) is 5.20. The summed E-state index contributed by atoms with van der Waals surface area (Å²) in [7, 11) is 0. The topological polar surface area (TPSA) is 22.1 Å². The molecule has 0 aliphatic carbocycles. The molecule has 0 atom stereocenters. The van der Waals surface area contributed by atoms with Crippen LogP contribution in [0, 0.1) is 6.92 Å². The van der Waals surface area contributed by atoms with Crippen molar-refractivity contribution in [2.75, 3.05) is 0 Å². The van der Waals surface area contributed by atoms with Gasteiger partial charge in [0.25, 0.3) is 0 Å². The third kappa shape index (κ3) is 3.53. The molecule has 0 amide bonds. The van der Waals surface area contributed by atoms with Gasteiger partial charge in [0, 0.05) is 5.56 Å². The van der Waals surface area contributed by atoms with E-state index in [-0.39, 0.29) is 0 Å². The van der Waals surface area contributed by atoms with Crippen LogP contribution in [0.1, 0.15) is 11.1 Å². The molecule has 26 heavy (non-hydrogen) atoms. The van der Waals surface area contributed by atoms with Crippen molar-refractivity contribution >= 4 is 11.3 Å². The van der Waals surface area contributed by atoms with Gasteiger partial charge in [-0.1, -0.05) is 66.7 Å². The Morgan fingerprint density at radius 2 is 1.62 bits per heavy atom. The van der Waals surface area contributed by atoms with Crippen LogP contribution in [0.3, 0.4) is 0 Å². The maximum absolute atomic E-state index is 6.12. The summed E-state index contributed by atoms with van der Waals surface area (Å²) in [5, 5.41) is 2.07. The van der Waals surface area contributed by atoms with E-state index in [1.54, 1.807) is 11.3 Å². The van der Waals surface area contributed by atoms with E-state index >= 15 is 0 Å². The van der Waals surface area contributed by atoms with Crippen LogP contribution >= 0.6 is 11.3 Å². The van der Waals surface area contributed by atoms with Crippen molar-refractivity contribution in [3.05, 3.63) is 95.4 Å². The Labute approximate surface area is 157 Å². The summed E-state index contributed by atoms with van der Waals surface area (Å²) in [6.45, 7) is 2.59. The molecular weight excluding hydrogens is 338 g/mol. The molecule has 2 heterocycles. The average Bonchev–Trinajstić information content (AvgIpc) is 3.23. The van der Waals surface area contributed by atoms with Gasteiger partial charge in [0.2, 0.25) is 5.88 Å². The van der Waals surface area contributed by atoms with Crippen LogP contribution < -0.4 is 4.74 Å². The van der Waals surface area contributed by atoms with Gasteiger partial charge in [-0.05, 0) is 41.1 Å². The second-order valence-corrected chi connectivity index (χ2v) is 7.05. The number of benzene rings is 2. The highest BCUT2D eigenvalue weighted by molar-refractivity contribution is 7.13. The van der Waals surface area contributed by atoms with Gasteiger partial charge in [0.1, 0.15) is 6.61 Å². The third-order valence-electron chi connectivity index (χ3n) is 4.30. The molecular formula is C23H19NOS. The standard InChI is InChI=1S/C23H19NOS/c1-17-20(19-11-6-3-7-12-19)15-21(22-13-8-14-26-22)24-23(17)25-16-18-9-4-2-5-10-18/h2-15H,16H2,1H3. The minimum Gasteiger partial charge on any atom is -0.473 e. The lowest BCUT2D eigenvalue weighted by atomic mass is 10.0. The summed E-state index contributed by atoms with van der Waals surface area (Å²) in [6.07, 6.45) is 0. The molecule has 3 heteroatoms. The maximum atomic E-state index is 6.12. The molecule has 128 valence electrons. The van der Waals surface area contributed by atoms with E-state index in [0.29, 0.717) is 12.5 Å². The van der Waals surface area contributed by atoms with Gasteiger partial charge in [-0.3, -0.25) is 0 Å². The van der Waals surface area contributed by atoms with Crippen molar-refractivity contribution in [3.8, 4) is 27.6 Å². The predicted octanol–water partition coefficient (Wildman–Crippen LogP) is 6.36. The molecule has 0 radical (unpaired) electrons. The number of pyridine rings is 1. The van der Waals surface area contributed by atoms with Gasteiger partial charge >= 0.3 is 0 Å². The minimum atomic E-state index is 0.511. The molecule has 2 aromatic heterocycles. The second kappa shape index (κ2) is 7.54. The van der Waals surface area contributed by atoms with E-state index in [2.05, 4.69) is 60.8 Å². The number of ether oxygens (including phenoxy) is 1.